The molecule has 0 spiro atoms. The third kappa shape index (κ3) is 6.09. The quantitative estimate of drug-likeness (QED) is 0.386. The molecular formula is C23H30N2O7. The molecule has 0 saturated carbocycles. The maximum Gasteiger partial charge on any atom is 0.420 e. The van der Waals surface area contributed by atoms with Crippen LogP contribution in [0.1, 0.15) is 51.9 Å². The summed E-state index contributed by atoms with van der Waals surface area (Å²) in [5, 5.41) is 0.673. The molecule has 0 radical (unpaired) electrons. The van der Waals surface area contributed by atoms with Gasteiger partial charge in [-0.05, 0) is 47.6 Å². The van der Waals surface area contributed by atoms with Gasteiger partial charge in [0, 0.05) is 22.7 Å². The number of hydrogen-bond acceptors (Lipinski definition) is 7. The molecule has 1 heterocycles. The molecule has 2 amide bonds. The summed E-state index contributed by atoms with van der Waals surface area (Å²) in [6.45, 7) is 9.67. The number of carbonyl (C=O) groups excluding carboxylic acids is 4. The number of aromatic nitrogens is 1. The Morgan fingerprint density at radius 3 is 2.00 bits per heavy atom. The third-order valence-electron chi connectivity index (χ3n) is 4.28. The molecule has 2 aromatic rings. The summed E-state index contributed by atoms with van der Waals surface area (Å²) < 4.78 is 17.3. The van der Waals surface area contributed by atoms with E-state index in [0.717, 1.165) is 7.11 Å². The van der Waals surface area contributed by atoms with Gasteiger partial charge in [0.05, 0.1) is 13.7 Å². The first-order valence-corrected chi connectivity index (χ1v) is 10.1. The van der Waals surface area contributed by atoms with Crippen LogP contribution in [-0.4, -0.2) is 58.3 Å². The first-order chi connectivity index (χ1) is 14.8. The van der Waals surface area contributed by atoms with E-state index in [9.17, 15) is 19.2 Å². The lowest BCUT2D eigenvalue weighted by atomic mass is 10.2. The van der Waals surface area contributed by atoms with Gasteiger partial charge in [0.25, 0.3) is 0 Å². The number of imide groups is 1. The van der Waals surface area contributed by atoms with E-state index in [1.807, 2.05) is 0 Å². The highest BCUT2D eigenvalue weighted by Crippen LogP contribution is 2.23. The van der Waals surface area contributed by atoms with Crippen molar-refractivity contribution in [3.05, 3.63) is 36.0 Å². The summed E-state index contributed by atoms with van der Waals surface area (Å²) in [7, 11) is 1.16. The molecule has 9 nitrogen and oxygen atoms in total. The maximum absolute atomic E-state index is 13.0. The van der Waals surface area contributed by atoms with Gasteiger partial charge >= 0.3 is 18.2 Å². The van der Waals surface area contributed by atoms with Crippen LogP contribution in [0.3, 0.4) is 0 Å². The van der Waals surface area contributed by atoms with Crippen molar-refractivity contribution >= 4 is 35.3 Å². The van der Waals surface area contributed by atoms with Crippen LogP contribution in [0.2, 0.25) is 0 Å². The lowest BCUT2D eigenvalue weighted by molar-refractivity contribution is -0.147. The summed E-state index contributed by atoms with van der Waals surface area (Å²) in [4.78, 5) is 50.9. The van der Waals surface area contributed by atoms with Gasteiger partial charge in [0.1, 0.15) is 11.2 Å². The van der Waals surface area contributed by atoms with Crippen molar-refractivity contribution in [1.29, 1.82) is 0 Å². The Morgan fingerprint density at radius 2 is 1.53 bits per heavy atom. The molecule has 0 fully saturated rings. The van der Waals surface area contributed by atoms with Gasteiger partial charge in [-0.15, -0.1) is 0 Å². The lowest BCUT2D eigenvalue weighted by Crippen LogP contribution is -2.53. The molecule has 0 unspecified atom stereocenters. The van der Waals surface area contributed by atoms with Crippen molar-refractivity contribution in [2.75, 3.05) is 7.11 Å². The third-order valence-corrected chi connectivity index (χ3v) is 4.28. The van der Waals surface area contributed by atoms with Crippen molar-refractivity contribution in [1.82, 2.24) is 9.47 Å². The number of para-hydroxylation sites is 1. The van der Waals surface area contributed by atoms with Crippen LogP contribution < -0.4 is 0 Å². The number of hydrogen-bond donors (Lipinski definition) is 0. The molecule has 0 aliphatic heterocycles. The van der Waals surface area contributed by atoms with E-state index in [0.29, 0.717) is 27.7 Å². The average Bonchev–Trinajstić information content (AvgIpc) is 3.02. The molecule has 0 aliphatic rings. The number of amides is 2. The summed E-state index contributed by atoms with van der Waals surface area (Å²) in [6.07, 6.45) is 0.157. The SMILES string of the molecule is COC(=O)[C@H](Cn1cc(C=O)c2ccccc21)N(C(=O)OC(C)(C)C)C(=O)OC(C)(C)C. The van der Waals surface area contributed by atoms with Gasteiger partial charge in [-0.1, -0.05) is 18.2 Å². The number of methoxy groups -OCH3 is 1. The Bertz CT molecular complexity index is 984. The predicted molar refractivity (Wildman–Crippen MR) is 117 cm³/mol. The van der Waals surface area contributed by atoms with E-state index in [1.54, 1.807) is 76.6 Å². The molecule has 0 aliphatic carbocycles. The number of nitrogens with zero attached hydrogens (tertiary/aromatic N) is 2. The van der Waals surface area contributed by atoms with Crippen molar-refractivity contribution in [3.63, 3.8) is 0 Å². The minimum Gasteiger partial charge on any atom is -0.467 e. The molecule has 9 heteroatoms. The van der Waals surface area contributed by atoms with Crippen molar-refractivity contribution in [2.45, 2.75) is 65.3 Å². The van der Waals surface area contributed by atoms with E-state index >= 15 is 0 Å². The molecule has 2 rings (SSSR count). The summed E-state index contributed by atoms with van der Waals surface area (Å²) in [5.41, 5.74) is -0.798. The second-order valence-electron chi connectivity index (χ2n) is 9.24. The van der Waals surface area contributed by atoms with Gasteiger partial charge in [-0.2, -0.15) is 4.90 Å². The fourth-order valence-electron chi connectivity index (χ4n) is 3.06. The molecule has 0 bridgehead atoms. The summed E-state index contributed by atoms with van der Waals surface area (Å²) >= 11 is 0. The number of rotatable bonds is 5. The maximum atomic E-state index is 13.0. The Labute approximate surface area is 187 Å². The molecule has 32 heavy (non-hydrogen) atoms. The van der Waals surface area contributed by atoms with Gasteiger partial charge in [-0.25, -0.2) is 14.4 Å². The first kappa shape index (κ1) is 24.9. The van der Waals surface area contributed by atoms with Crippen molar-refractivity contribution in [3.8, 4) is 0 Å². The molecule has 0 N–H and O–H groups in total. The van der Waals surface area contributed by atoms with E-state index in [4.69, 9.17) is 14.2 Å². The number of ether oxygens (including phenoxy) is 3. The van der Waals surface area contributed by atoms with E-state index in [1.165, 1.54) is 0 Å². The monoisotopic (exact) mass is 446 g/mol. The molecule has 174 valence electrons. The zero-order valence-electron chi connectivity index (χ0n) is 19.5. The van der Waals surface area contributed by atoms with Gasteiger partial charge in [-0.3, -0.25) is 4.79 Å². The minimum absolute atomic E-state index is 0.167. The predicted octanol–water partition coefficient (Wildman–Crippen LogP) is 4.17. The van der Waals surface area contributed by atoms with Crippen LogP contribution >= 0.6 is 0 Å². The van der Waals surface area contributed by atoms with Crippen LogP contribution in [0, 0.1) is 0 Å². The van der Waals surface area contributed by atoms with Gasteiger partial charge < -0.3 is 18.8 Å². The van der Waals surface area contributed by atoms with E-state index in [-0.39, 0.29) is 6.54 Å². The highest BCUT2D eigenvalue weighted by atomic mass is 16.6. The highest BCUT2D eigenvalue weighted by Gasteiger charge is 2.41. The topological polar surface area (TPSA) is 104 Å². The smallest absolute Gasteiger partial charge is 0.420 e. The van der Waals surface area contributed by atoms with E-state index < -0.39 is 35.4 Å². The van der Waals surface area contributed by atoms with Gasteiger partial charge in [0.15, 0.2) is 12.3 Å². The van der Waals surface area contributed by atoms with E-state index in [2.05, 4.69) is 0 Å². The van der Waals surface area contributed by atoms with Crippen LogP contribution in [0.15, 0.2) is 30.5 Å². The lowest BCUT2D eigenvalue weighted by Gasteiger charge is -2.32. The van der Waals surface area contributed by atoms with Crippen LogP contribution in [-0.2, 0) is 25.5 Å². The fraction of sp³-hybridized carbons (Fsp3) is 0.478. The minimum atomic E-state index is -1.40. The second-order valence-corrected chi connectivity index (χ2v) is 9.24. The standard InChI is InChI=1S/C23H30N2O7/c1-22(2,3)31-20(28)25(21(29)32-23(4,5)6)18(19(27)30-7)13-24-12-15(14-26)16-10-8-9-11-17(16)24/h8-12,14,18H,13H2,1-7H3/t18-/m0/s1. The molecule has 1 aromatic heterocycles. The van der Waals surface area contributed by atoms with Crippen molar-refractivity contribution < 1.29 is 33.4 Å². The number of benzene rings is 1. The average molecular weight is 447 g/mol. The normalized spacial score (nSPS) is 12.7. The Morgan fingerprint density at radius 1 is 1.00 bits per heavy atom. The van der Waals surface area contributed by atoms with Gasteiger partial charge in [0.2, 0.25) is 0 Å². The zero-order chi connectivity index (χ0) is 24.3. The second kappa shape index (κ2) is 9.42. The molecule has 1 aromatic carbocycles. The zero-order valence-corrected chi connectivity index (χ0v) is 19.5. The number of aldehydes is 1. The highest BCUT2D eigenvalue weighted by molar-refractivity contribution is 5.98. The number of fused-ring (bicyclic) bond motifs is 1. The molecule has 1 atom stereocenters. The molecule has 0 saturated heterocycles. The summed E-state index contributed by atoms with van der Waals surface area (Å²) in [6, 6.07) is 5.69. The number of esters is 1. The Kier molecular flexibility index (Phi) is 7.33. The van der Waals surface area contributed by atoms with Crippen LogP contribution in [0.25, 0.3) is 10.9 Å². The summed E-state index contributed by atoms with van der Waals surface area (Å²) in [5.74, 6) is -0.841. The Hall–Kier alpha value is -3.36. The van der Waals surface area contributed by atoms with Crippen LogP contribution in [0.5, 0.6) is 0 Å². The fourth-order valence-corrected chi connectivity index (χ4v) is 3.06. The first-order valence-electron chi connectivity index (χ1n) is 10.1. The van der Waals surface area contributed by atoms with Crippen molar-refractivity contribution in [2.24, 2.45) is 0 Å². The van der Waals surface area contributed by atoms with Crippen LogP contribution in [0.4, 0.5) is 9.59 Å². The molecular weight excluding hydrogens is 416 g/mol. The number of carbonyl (C=O) groups is 4. The largest absolute Gasteiger partial charge is 0.467 e. The Balaban J connectivity index is 2.56.